The second-order valence-electron chi connectivity index (χ2n) is 4.95. The van der Waals surface area contributed by atoms with Crippen LogP contribution in [0.4, 0.5) is 4.39 Å². The van der Waals surface area contributed by atoms with Crippen LogP contribution in [0.1, 0.15) is 39.5 Å². The summed E-state index contributed by atoms with van der Waals surface area (Å²) in [6.07, 6.45) is 4.62. The fourth-order valence-corrected chi connectivity index (χ4v) is 2.21. The third-order valence-corrected chi connectivity index (χ3v) is 3.39. The number of ether oxygens (including phenoxy) is 1. The van der Waals surface area contributed by atoms with E-state index in [1.165, 1.54) is 31.4 Å². The van der Waals surface area contributed by atoms with Gasteiger partial charge in [-0.15, -0.1) is 0 Å². The van der Waals surface area contributed by atoms with Crippen LogP contribution >= 0.6 is 15.9 Å². The van der Waals surface area contributed by atoms with E-state index in [1.54, 1.807) is 6.07 Å². The van der Waals surface area contributed by atoms with Crippen LogP contribution in [-0.2, 0) is 0 Å². The van der Waals surface area contributed by atoms with Gasteiger partial charge < -0.3 is 10.1 Å². The molecule has 0 saturated heterocycles. The highest BCUT2D eigenvalue weighted by molar-refractivity contribution is 9.10. The molecule has 0 amide bonds. The minimum atomic E-state index is -0.253. The Bertz CT molecular complexity index is 371. The lowest BCUT2D eigenvalue weighted by Gasteiger charge is -2.09. The van der Waals surface area contributed by atoms with E-state index in [2.05, 4.69) is 35.1 Å². The number of nitrogens with one attached hydrogen (secondary N) is 1. The summed E-state index contributed by atoms with van der Waals surface area (Å²) in [5, 5.41) is 3.40. The van der Waals surface area contributed by atoms with E-state index in [-0.39, 0.29) is 5.82 Å². The molecule has 2 nitrogen and oxygen atoms in total. The average Bonchev–Trinajstić information content (AvgIpc) is 2.34. The molecular formula is C15H23BrFNO. The fraction of sp³-hybridized carbons (Fsp3) is 0.600. The third kappa shape index (κ3) is 7.53. The summed E-state index contributed by atoms with van der Waals surface area (Å²) in [6, 6.07) is 5.07. The molecule has 0 fully saturated rings. The third-order valence-electron chi connectivity index (χ3n) is 2.78. The largest absolute Gasteiger partial charge is 0.492 e. The summed E-state index contributed by atoms with van der Waals surface area (Å²) < 4.78 is 19.2. The Morgan fingerprint density at radius 2 is 1.95 bits per heavy atom. The Morgan fingerprint density at radius 3 is 2.63 bits per heavy atom. The molecule has 0 unspecified atom stereocenters. The van der Waals surface area contributed by atoms with E-state index in [0.29, 0.717) is 22.9 Å². The van der Waals surface area contributed by atoms with Crippen molar-refractivity contribution < 1.29 is 9.13 Å². The molecule has 0 aromatic heterocycles. The Balaban J connectivity index is 2.04. The van der Waals surface area contributed by atoms with Crippen molar-refractivity contribution in [1.82, 2.24) is 5.32 Å². The van der Waals surface area contributed by atoms with E-state index in [0.717, 1.165) is 13.0 Å². The van der Waals surface area contributed by atoms with E-state index in [9.17, 15) is 4.39 Å². The first kappa shape index (κ1) is 16.4. The van der Waals surface area contributed by atoms with Gasteiger partial charge in [-0.25, -0.2) is 4.39 Å². The Hall–Kier alpha value is -0.610. The molecule has 0 radical (unpaired) electrons. The molecule has 1 aromatic rings. The van der Waals surface area contributed by atoms with Gasteiger partial charge in [0.05, 0.1) is 11.1 Å². The number of hydrogen-bond acceptors (Lipinski definition) is 2. The minimum Gasteiger partial charge on any atom is -0.492 e. The molecule has 4 heteroatoms. The summed E-state index contributed by atoms with van der Waals surface area (Å²) in [7, 11) is 0. The number of hydrogen-bond donors (Lipinski definition) is 1. The van der Waals surface area contributed by atoms with Crippen molar-refractivity contribution in [2.75, 3.05) is 13.2 Å². The van der Waals surface area contributed by atoms with Crippen LogP contribution in [0.3, 0.4) is 0 Å². The molecule has 1 aromatic carbocycles. The monoisotopic (exact) mass is 331 g/mol. The van der Waals surface area contributed by atoms with Gasteiger partial charge in [0.25, 0.3) is 0 Å². The molecule has 19 heavy (non-hydrogen) atoms. The number of unbranched alkanes of at least 4 members (excludes halogenated alkanes) is 3. The van der Waals surface area contributed by atoms with Crippen molar-refractivity contribution in [1.29, 1.82) is 0 Å². The van der Waals surface area contributed by atoms with Gasteiger partial charge >= 0.3 is 0 Å². The van der Waals surface area contributed by atoms with Gasteiger partial charge in [-0.05, 0) is 53.5 Å². The Kier molecular flexibility index (Phi) is 8.07. The molecule has 0 heterocycles. The highest BCUT2D eigenvalue weighted by atomic mass is 79.9. The maximum absolute atomic E-state index is 12.9. The standard InChI is InChI=1S/C15H23BrFNO/c1-12(2)18-9-5-3-4-6-10-19-15-8-7-13(17)11-14(15)16/h7-8,11-12,18H,3-6,9-10H2,1-2H3. The summed E-state index contributed by atoms with van der Waals surface area (Å²) in [4.78, 5) is 0. The predicted octanol–water partition coefficient (Wildman–Crippen LogP) is 4.53. The zero-order chi connectivity index (χ0) is 14.1. The summed E-state index contributed by atoms with van der Waals surface area (Å²) in [5.41, 5.74) is 0. The van der Waals surface area contributed by atoms with Gasteiger partial charge in [0.15, 0.2) is 0 Å². The van der Waals surface area contributed by atoms with Crippen molar-refractivity contribution in [3.8, 4) is 5.75 Å². The lowest BCUT2D eigenvalue weighted by atomic mass is 10.2. The smallest absolute Gasteiger partial charge is 0.133 e. The second kappa shape index (κ2) is 9.32. The lowest BCUT2D eigenvalue weighted by molar-refractivity contribution is 0.302. The van der Waals surface area contributed by atoms with Crippen LogP contribution in [0.15, 0.2) is 22.7 Å². The van der Waals surface area contributed by atoms with Crippen molar-refractivity contribution >= 4 is 15.9 Å². The second-order valence-corrected chi connectivity index (χ2v) is 5.80. The molecule has 0 saturated carbocycles. The van der Waals surface area contributed by atoms with Gasteiger partial charge in [-0.2, -0.15) is 0 Å². The molecular weight excluding hydrogens is 309 g/mol. The van der Waals surface area contributed by atoms with Gasteiger partial charge in [-0.3, -0.25) is 0 Å². The van der Waals surface area contributed by atoms with Gasteiger partial charge in [-0.1, -0.05) is 26.7 Å². The van der Waals surface area contributed by atoms with Crippen molar-refractivity contribution in [3.05, 3.63) is 28.5 Å². The van der Waals surface area contributed by atoms with E-state index in [4.69, 9.17) is 4.74 Å². The molecule has 0 aliphatic rings. The number of benzene rings is 1. The molecule has 1 rings (SSSR count). The molecule has 0 aliphatic heterocycles. The molecule has 0 spiro atoms. The first-order chi connectivity index (χ1) is 9.09. The van der Waals surface area contributed by atoms with Crippen molar-refractivity contribution in [2.24, 2.45) is 0 Å². The van der Waals surface area contributed by atoms with Crippen LogP contribution in [-0.4, -0.2) is 19.2 Å². The fourth-order valence-electron chi connectivity index (χ4n) is 1.75. The van der Waals surface area contributed by atoms with Crippen LogP contribution in [0.2, 0.25) is 0 Å². The summed E-state index contributed by atoms with van der Waals surface area (Å²) in [6.45, 7) is 6.09. The van der Waals surface area contributed by atoms with E-state index < -0.39 is 0 Å². The quantitative estimate of drug-likeness (QED) is 0.671. The molecule has 1 N–H and O–H groups in total. The maximum atomic E-state index is 12.9. The maximum Gasteiger partial charge on any atom is 0.133 e. The Morgan fingerprint density at radius 1 is 1.21 bits per heavy atom. The van der Waals surface area contributed by atoms with Crippen LogP contribution in [0.25, 0.3) is 0 Å². The van der Waals surface area contributed by atoms with E-state index >= 15 is 0 Å². The first-order valence-electron chi connectivity index (χ1n) is 6.91. The van der Waals surface area contributed by atoms with Gasteiger partial charge in [0.1, 0.15) is 11.6 Å². The normalized spacial score (nSPS) is 11.0. The van der Waals surface area contributed by atoms with Crippen molar-refractivity contribution in [2.45, 2.75) is 45.6 Å². The predicted molar refractivity (Wildman–Crippen MR) is 81.2 cm³/mol. The van der Waals surface area contributed by atoms with Crippen LogP contribution < -0.4 is 10.1 Å². The summed E-state index contributed by atoms with van der Waals surface area (Å²) in [5.74, 6) is 0.458. The van der Waals surface area contributed by atoms with Crippen molar-refractivity contribution in [3.63, 3.8) is 0 Å². The molecule has 0 bridgehead atoms. The van der Waals surface area contributed by atoms with E-state index in [1.807, 2.05) is 0 Å². The topological polar surface area (TPSA) is 21.3 Å². The first-order valence-corrected chi connectivity index (χ1v) is 7.70. The van der Waals surface area contributed by atoms with Crippen LogP contribution in [0, 0.1) is 5.82 Å². The van der Waals surface area contributed by atoms with Gasteiger partial charge in [0.2, 0.25) is 0 Å². The van der Waals surface area contributed by atoms with Gasteiger partial charge in [0, 0.05) is 6.04 Å². The van der Waals surface area contributed by atoms with Crippen LogP contribution in [0.5, 0.6) is 5.75 Å². The molecule has 0 aliphatic carbocycles. The zero-order valence-electron chi connectivity index (χ0n) is 11.7. The Labute approximate surface area is 123 Å². The number of rotatable bonds is 9. The number of halogens is 2. The molecule has 108 valence electrons. The highest BCUT2D eigenvalue weighted by Crippen LogP contribution is 2.25. The SMILES string of the molecule is CC(C)NCCCCCCOc1ccc(F)cc1Br. The average molecular weight is 332 g/mol. The lowest BCUT2D eigenvalue weighted by Crippen LogP contribution is -2.23. The zero-order valence-corrected chi connectivity index (χ0v) is 13.3. The summed E-state index contributed by atoms with van der Waals surface area (Å²) >= 11 is 3.29. The minimum absolute atomic E-state index is 0.253. The molecule has 0 atom stereocenters. The highest BCUT2D eigenvalue weighted by Gasteiger charge is 2.02.